The van der Waals surface area contributed by atoms with Crippen LogP contribution in [0.5, 0.6) is 28.7 Å². The van der Waals surface area contributed by atoms with Gasteiger partial charge < -0.3 is 34.1 Å². The average Bonchev–Trinajstić information content (AvgIpc) is 3.67. The summed E-state index contributed by atoms with van der Waals surface area (Å²) in [5.41, 5.74) is 3.36. The van der Waals surface area contributed by atoms with Crippen molar-refractivity contribution in [2.75, 3.05) is 33.3 Å². The summed E-state index contributed by atoms with van der Waals surface area (Å²) in [4.78, 5) is 44.1. The second kappa shape index (κ2) is 14.7. The number of esters is 2. The van der Waals surface area contributed by atoms with Crippen molar-refractivity contribution in [3.8, 4) is 34.8 Å². The number of hydrogen-bond acceptors (Lipinski definition) is 13. The van der Waals surface area contributed by atoms with Crippen molar-refractivity contribution in [3.63, 3.8) is 0 Å². The lowest BCUT2D eigenvalue weighted by molar-refractivity contribution is -0.152. The number of methoxy groups -OCH3 is 1. The van der Waals surface area contributed by atoms with Gasteiger partial charge in [-0.1, -0.05) is 18.2 Å². The standard InChI is InChI=1S/C41H39F3N4O9S/c1-18-12-22-13-25-26(14-45)48-27-15-54-40(52)24(46-28(50)11-8-21-6-9-23(10-7-21)41(42,43)44)16-58-39(33(48)32(47(25)4)29(22)34(51)35(18)53-5)31-30(27)38-37(55-17-56-38)19(2)36(31)57-20(3)49/h6-12,24-27,32-33,39,51H,13,15-17H2,1-5H3,(H,46,50)/b11-8+/t24?,25-,26-,27-,32+,33?,39+/m0/s1. The van der Waals surface area contributed by atoms with Gasteiger partial charge in [0, 0.05) is 53.1 Å². The van der Waals surface area contributed by atoms with Crippen molar-refractivity contribution in [1.29, 1.82) is 5.26 Å². The Morgan fingerprint density at radius 2 is 1.81 bits per heavy atom. The van der Waals surface area contributed by atoms with E-state index in [1.165, 1.54) is 44.0 Å². The maximum Gasteiger partial charge on any atom is 0.416 e. The molecule has 9 rings (SSSR count). The van der Waals surface area contributed by atoms with Crippen LogP contribution in [0.4, 0.5) is 13.2 Å². The molecule has 0 aliphatic carbocycles. The van der Waals surface area contributed by atoms with Crippen LogP contribution in [0.3, 0.4) is 0 Å². The van der Waals surface area contributed by atoms with Crippen LogP contribution in [0.1, 0.15) is 68.8 Å². The van der Waals surface area contributed by atoms with Crippen LogP contribution in [-0.4, -0.2) is 90.2 Å². The fourth-order valence-electron chi connectivity index (χ4n) is 9.24. The van der Waals surface area contributed by atoms with Crippen LogP contribution in [0.25, 0.3) is 6.08 Å². The van der Waals surface area contributed by atoms with Gasteiger partial charge in [0.2, 0.25) is 12.7 Å². The molecule has 3 aromatic carbocycles. The Bertz CT molecular complexity index is 2300. The molecular weight excluding hydrogens is 782 g/mol. The molecule has 4 bridgehead atoms. The minimum Gasteiger partial charge on any atom is -0.504 e. The number of phenols is 1. The van der Waals surface area contributed by atoms with E-state index in [2.05, 4.69) is 16.3 Å². The second-order valence-corrected chi connectivity index (χ2v) is 16.1. The van der Waals surface area contributed by atoms with E-state index in [0.29, 0.717) is 51.5 Å². The van der Waals surface area contributed by atoms with E-state index in [0.717, 1.165) is 29.3 Å². The number of hydrogen-bond donors (Lipinski definition) is 2. The molecule has 6 aliphatic rings. The first-order valence-corrected chi connectivity index (χ1v) is 19.6. The van der Waals surface area contributed by atoms with Gasteiger partial charge in [0.1, 0.15) is 24.4 Å². The largest absolute Gasteiger partial charge is 0.504 e. The molecule has 17 heteroatoms. The molecule has 2 saturated heterocycles. The number of fused-ring (bicyclic) bond motifs is 10. The number of benzene rings is 3. The quantitative estimate of drug-likeness (QED) is 0.190. The van der Waals surface area contributed by atoms with E-state index < -0.39 is 65.0 Å². The van der Waals surface area contributed by atoms with E-state index >= 15 is 0 Å². The molecule has 2 N–H and O–H groups in total. The number of alkyl halides is 3. The minimum absolute atomic E-state index is 0.0279. The monoisotopic (exact) mass is 820 g/mol. The maximum atomic E-state index is 13.9. The summed E-state index contributed by atoms with van der Waals surface area (Å²) in [7, 11) is 3.40. The maximum absolute atomic E-state index is 13.9. The number of carbonyl (C=O) groups excluding carboxylic acids is 3. The summed E-state index contributed by atoms with van der Waals surface area (Å²) in [6.45, 7) is 4.46. The smallest absolute Gasteiger partial charge is 0.416 e. The zero-order valence-electron chi connectivity index (χ0n) is 32.0. The van der Waals surface area contributed by atoms with Crippen LogP contribution in [0, 0.1) is 25.2 Å². The van der Waals surface area contributed by atoms with Crippen molar-refractivity contribution in [2.24, 2.45) is 0 Å². The highest BCUT2D eigenvalue weighted by Gasteiger charge is 2.60. The topological polar surface area (TPSA) is 160 Å². The average molecular weight is 821 g/mol. The molecule has 0 radical (unpaired) electrons. The lowest BCUT2D eigenvalue weighted by Gasteiger charge is -2.61. The summed E-state index contributed by atoms with van der Waals surface area (Å²) in [5.74, 6) is -0.814. The Hall–Kier alpha value is -5.44. The molecule has 1 amide bonds. The van der Waals surface area contributed by atoms with Gasteiger partial charge in [0.25, 0.3) is 0 Å². The number of nitrogens with zero attached hydrogens (tertiary/aromatic N) is 3. The Kier molecular flexibility index (Phi) is 10.0. The first-order valence-electron chi connectivity index (χ1n) is 18.5. The molecule has 2 unspecified atom stereocenters. The van der Waals surface area contributed by atoms with E-state index in [1.54, 1.807) is 6.92 Å². The number of halogens is 3. The molecule has 304 valence electrons. The van der Waals surface area contributed by atoms with Crippen molar-refractivity contribution < 1.29 is 56.3 Å². The molecule has 0 spiro atoms. The number of likely N-dealkylation sites (N-methyl/N-ethyl adjacent to an activating group) is 1. The third kappa shape index (κ3) is 6.38. The number of amides is 1. The first-order chi connectivity index (χ1) is 27.6. The SMILES string of the molecule is COc1c(C)cc2c(c1O)[C@@H]1C3[C@@H]4SCC(NC(=O)/C=C/c5ccc(C(F)(F)F)cc5)C(=O)OC[C@@H](c5c6c(c(C)c(OC(C)=O)c54)OCO6)N3[C@@H](C#N)[C@H](C2)N1C. The van der Waals surface area contributed by atoms with Crippen LogP contribution in [0.2, 0.25) is 0 Å². The molecule has 0 saturated carbocycles. The summed E-state index contributed by atoms with van der Waals surface area (Å²) in [6.07, 6.45) is -1.63. The van der Waals surface area contributed by atoms with Gasteiger partial charge in [0.15, 0.2) is 23.0 Å². The first kappa shape index (κ1) is 39.4. The molecule has 3 aromatic rings. The number of carbonyl (C=O) groups is 3. The fraction of sp³-hybridized carbons (Fsp3) is 0.415. The van der Waals surface area contributed by atoms with Gasteiger partial charge in [-0.25, -0.2) is 4.79 Å². The predicted molar refractivity (Wildman–Crippen MR) is 202 cm³/mol. The molecule has 2 fully saturated rings. The lowest BCUT2D eigenvalue weighted by Crippen LogP contribution is -2.69. The van der Waals surface area contributed by atoms with E-state index in [-0.39, 0.29) is 36.7 Å². The van der Waals surface area contributed by atoms with Crippen molar-refractivity contribution in [1.82, 2.24) is 15.1 Å². The zero-order valence-corrected chi connectivity index (χ0v) is 32.8. The van der Waals surface area contributed by atoms with E-state index in [4.69, 9.17) is 23.7 Å². The third-order valence-electron chi connectivity index (χ3n) is 11.6. The van der Waals surface area contributed by atoms with Gasteiger partial charge in [-0.15, -0.1) is 11.8 Å². The number of phenolic OH excluding ortho intramolecular Hbond substituents is 1. The zero-order chi connectivity index (χ0) is 41.4. The highest BCUT2D eigenvalue weighted by molar-refractivity contribution is 7.99. The van der Waals surface area contributed by atoms with Crippen molar-refractivity contribution in [2.45, 2.75) is 74.9 Å². The van der Waals surface area contributed by atoms with Gasteiger partial charge >= 0.3 is 18.1 Å². The van der Waals surface area contributed by atoms with Gasteiger partial charge in [-0.3, -0.25) is 19.4 Å². The predicted octanol–water partition coefficient (Wildman–Crippen LogP) is 5.45. The Morgan fingerprint density at radius 3 is 2.48 bits per heavy atom. The van der Waals surface area contributed by atoms with Crippen LogP contribution < -0.4 is 24.3 Å². The molecule has 6 heterocycles. The summed E-state index contributed by atoms with van der Waals surface area (Å²) in [6, 6.07) is 4.44. The molecule has 6 aliphatic heterocycles. The number of nitriles is 1. The van der Waals surface area contributed by atoms with Gasteiger partial charge in [-0.05, 0) is 62.2 Å². The normalized spacial score (nSPS) is 26.2. The van der Waals surface area contributed by atoms with Crippen LogP contribution >= 0.6 is 11.8 Å². The fourth-order valence-corrected chi connectivity index (χ4v) is 10.7. The number of piperazine rings is 1. The number of ether oxygens (including phenoxy) is 5. The number of aromatic hydroxyl groups is 1. The van der Waals surface area contributed by atoms with E-state index in [9.17, 15) is 37.9 Å². The molecular formula is C41H39F3N4O9S. The third-order valence-corrected chi connectivity index (χ3v) is 13.0. The summed E-state index contributed by atoms with van der Waals surface area (Å²) >= 11 is 1.28. The Labute approximate surface area is 335 Å². The highest BCUT2D eigenvalue weighted by Crippen LogP contribution is 2.64. The lowest BCUT2D eigenvalue weighted by atomic mass is 9.71. The van der Waals surface area contributed by atoms with E-state index in [1.807, 2.05) is 24.9 Å². The Morgan fingerprint density at radius 1 is 1.09 bits per heavy atom. The number of rotatable bonds is 5. The Balaban J connectivity index is 1.25. The second-order valence-electron chi connectivity index (χ2n) is 14.9. The minimum atomic E-state index is -4.51. The number of thioether (sulfide) groups is 1. The summed E-state index contributed by atoms with van der Waals surface area (Å²) in [5, 5.41) is 25.0. The molecule has 13 nitrogen and oxygen atoms in total. The number of aryl methyl sites for hydroxylation is 1. The summed E-state index contributed by atoms with van der Waals surface area (Å²) < 4.78 is 69.0. The number of nitrogens with one attached hydrogen (secondary N) is 1. The molecule has 7 atom stereocenters. The molecule has 0 aromatic heterocycles. The highest BCUT2D eigenvalue weighted by atomic mass is 32.2. The van der Waals surface area contributed by atoms with Crippen LogP contribution in [0.15, 0.2) is 36.4 Å². The van der Waals surface area contributed by atoms with Gasteiger partial charge in [0.05, 0.1) is 36.1 Å². The van der Waals surface area contributed by atoms with Crippen molar-refractivity contribution in [3.05, 3.63) is 80.9 Å². The van der Waals surface area contributed by atoms with Crippen LogP contribution in [-0.2, 0) is 31.7 Å². The van der Waals surface area contributed by atoms with Gasteiger partial charge in [-0.2, -0.15) is 18.4 Å². The molecule has 58 heavy (non-hydrogen) atoms. The van der Waals surface area contributed by atoms with Crippen molar-refractivity contribution >= 4 is 35.7 Å².